The number of carbonyl (C=O) groups is 1. The molecule has 0 aliphatic carbocycles. The molecule has 27 heavy (non-hydrogen) atoms. The van der Waals surface area contributed by atoms with Crippen molar-refractivity contribution in [3.8, 4) is 0 Å². The molecule has 0 aromatic heterocycles. The number of amides is 1. The summed E-state index contributed by atoms with van der Waals surface area (Å²) in [6.45, 7) is 2.34. The smallest absolute Gasteiger partial charge is 0.255 e. The molecule has 0 aliphatic rings. The zero-order valence-electron chi connectivity index (χ0n) is 16.3. The second-order valence-electron chi connectivity index (χ2n) is 6.56. The van der Waals surface area contributed by atoms with E-state index < -0.39 is 6.10 Å². The molecule has 0 fully saturated rings. The van der Waals surface area contributed by atoms with Gasteiger partial charge in [-0.05, 0) is 30.5 Å². The minimum atomic E-state index is -0.639. The highest BCUT2D eigenvalue weighted by Gasteiger charge is 2.22. The van der Waals surface area contributed by atoms with Crippen molar-refractivity contribution in [2.75, 3.05) is 40.6 Å². The molecule has 0 aliphatic heterocycles. The summed E-state index contributed by atoms with van der Waals surface area (Å²) in [4.78, 5) is 13.9. The lowest BCUT2D eigenvalue weighted by Crippen LogP contribution is -2.30. The lowest BCUT2D eigenvalue weighted by molar-refractivity contribution is -0.152. The van der Waals surface area contributed by atoms with Gasteiger partial charge in [0.15, 0.2) is 6.10 Å². The van der Waals surface area contributed by atoms with E-state index in [-0.39, 0.29) is 12.7 Å². The summed E-state index contributed by atoms with van der Waals surface area (Å²) < 4.78 is 11.2. The summed E-state index contributed by atoms with van der Waals surface area (Å²) in [7, 11) is 3.45. The van der Waals surface area contributed by atoms with E-state index in [1.54, 1.807) is 14.1 Å². The molecule has 5 heteroatoms. The summed E-state index contributed by atoms with van der Waals surface area (Å²) in [5.74, 6) is -0.0937. The summed E-state index contributed by atoms with van der Waals surface area (Å²) in [6.07, 6.45) is 1.52. The monoisotopic (exact) mass is 370 g/mol. The fraction of sp³-hybridized carbons (Fsp3) is 0.409. The highest BCUT2D eigenvalue weighted by molar-refractivity contribution is 5.81. The van der Waals surface area contributed by atoms with Gasteiger partial charge in [-0.1, -0.05) is 60.7 Å². The van der Waals surface area contributed by atoms with Gasteiger partial charge in [0.25, 0.3) is 5.91 Å². The number of rotatable bonds is 12. The topological polar surface area (TPSA) is 50.8 Å². The Labute approximate surface area is 162 Å². The van der Waals surface area contributed by atoms with Gasteiger partial charge in [0.05, 0.1) is 6.61 Å². The quantitative estimate of drug-likeness (QED) is 0.461. The molecule has 0 saturated carbocycles. The van der Waals surface area contributed by atoms with Crippen LogP contribution in [0.25, 0.3) is 0 Å². The summed E-state index contributed by atoms with van der Waals surface area (Å²) in [5.41, 5.74) is 2.19. The molecule has 0 bridgehead atoms. The molecule has 5 nitrogen and oxygen atoms in total. The molecule has 0 spiro atoms. The maximum atomic E-state index is 12.3. The number of benzene rings is 2. The molecule has 1 atom stereocenters. The number of hydrogen-bond acceptors (Lipinski definition) is 4. The lowest BCUT2D eigenvalue weighted by Gasteiger charge is -2.21. The van der Waals surface area contributed by atoms with Crippen LogP contribution < -0.4 is 5.32 Å². The number of nitrogens with zero attached hydrogens (tertiary/aromatic N) is 1. The fourth-order valence-corrected chi connectivity index (χ4v) is 2.68. The number of nitrogens with one attached hydrogen (secondary N) is 1. The molecule has 2 aromatic carbocycles. The van der Waals surface area contributed by atoms with Gasteiger partial charge >= 0.3 is 0 Å². The van der Waals surface area contributed by atoms with Crippen molar-refractivity contribution >= 4 is 5.91 Å². The average Bonchev–Trinajstić information content (AvgIpc) is 2.70. The van der Waals surface area contributed by atoms with E-state index >= 15 is 0 Å². The van der Waals surface area contributed by atoms with Crippen LogP contribution in [0, 0.1) is 0 Å². The Bertz CT molecular complexity index is 647. The molecule has 2 rings (SSSR count). The Morgan fingerprint density at radius 1 is 1.00 bits per heavy atom. The van der Waals surface area contributed by atoms with Crippen LogP contribution in [0.3, 0.4) is 0 Å². The third kappa shape index (κ3) is 7.91. The molecule has 1 N–H and O–H groups in total. The molecule has 0 radical (unpaired) electrons. The predicted molar refractivity (Wildman–Crippen MR) is 107 cm³/mol. The van der Waals surface area contributed by atoms with E-state index in [1.165, 1.54) is 10.5 Å². The zero-order valence-corrected chi connectivity index (χ0v) is 16.3. The first-order valence-corrected chi connectivity index (χ1v) is 9.38. The molecule has 1 amide bonds. The summed E-state index contributed by atoms with van der Waals surface area (Å²) >= 11 is 0. The van der Waals surface area contributed by atoms with Crippen LogP contribution in [0.2, 0.25) is 0 Å². The van der Waals surface area contributed by atoms with E-state index in [4.69, 9.17) is 9.47 Å². The molecule has 2 aromatic rings. The minimum Gasteiger partial charge on any atom is -0.354 e. The largest absolute Gasteiger partial charge is 0.354 e. The fourth-order valence-electron chi connectivity index (χ4n) is 2.68. The van der Waals surface area contributed by atoms with E-state index in [0.717, 1.165) is 31.5 Å². The predicted octanol–water partition coefficient (Wildman–Crippen LogP) is 3.03. The minimum absolute atomic E-state index is 0.0881. The summed E-state index contributed by atoms with van der Waals surface area (Å²) in [5, 5.41) is 3.36. The van der Waals surface area contributed by atoms with Crippen molar-refractivity contribution in [3.63, 3.8) is 0 Å². The molecule has 0 heterocycles. The Balaban J connectivity index is 1.59. The first kappa shape index (κ1) is 21.1. The van der Waals surface area contributed by atoms with Crippen LogP contribution in [0.5, 0.6) is 0 Å². The molecule has 1 unspecified atom stereocenters. The molecular formula is C22H30N2O3. The number of carbonyl (C=O) groups excluding carboxylic acids is 1. The third-order valence-corrected chi connectivity index (χ3v) is 4.17. The average molecular weight is 370 g/mol. The molecule has 0 saturated heterocycles. The van der Waals surface area contributed by atoms with Crippen LogP contribution in [-0.2, 0) is 20.7 Å². The molecule has 146 valence electrons. The number of ether oxygens (including phenoxy) is 2. The van der Waals surface area contributed by atoms with E-state index in [0.29, 0.717) is 6.61 Å². The van der Waals surface area contributed by atoms with Gasteiger partial charge in [-0.15, -0.1) is 0 Å². The van der Waals surface area contributed by atoms with Crippen molar-refractivity contribution in [1.29, 1.82) is 0 Å². The van der Waals surface area contributed by atoms with Crippen LogP contribution >= 0.6 is 0 Å². The van der Waals surface area contributed by atoms with Gasteiger partial charge in [-0.3, -0.25) is 4.79 Å². The maximum Gasteiger partial charge on any atom is 0.255 e. The van der Waals surface area contributed by atoms with Crippen LogP contribution in [-0.4, -0.2) is 51.4 Å². The van der Waals surface area contributed by atoms with Gasteiger partial charge in [0.1, 0.15) is 6.79 Å². The number of hydrogen-bond donors (Lipinski definition) is 1. The molecular weight excluding hydrogens is 340 g/mol. The highest BCUT2D eigenvalue weighted by atomic mass is 16.7. The lowest BCUT2D eigenvalue weighted by atomic mass is 10.1. The second kappa shape index (κ2) is 12.2. The van der Waals surface area contributed by atoms with E-state index in [9.17, 15) is 4.79 Å². The number of aryl methyl sites for hydroxylation is 1. The van der Waals surface area contributed by atoms with E-state index in [2.05, 4.69) is 29.6 Å². The maximum absolute atomic E-state index is 12.3. The standard InChI is InChI=1S/C22H30N2O3/c1-24(2)22(25)21(20-13-7-4-8-14-20)27-18-26-17-16-23-15-9-12-19-10-5-3-6-11-19/h3-8,10-11,13-14,21,23H,9,12,15-18H2,1-2H3. The Morgan fingerprint density at radius 3 is 2.33 bits per heavy atom. The first-order valence-electron chi connectivity index (χ1n) is 9.38. The van der Waals surface area contributed by atoms with Gasteiger partial charge in [-0.2, -0.15) is 0 Å². The normalized spacial score (nSPS) is 11.9. The van der Waals surface area contributed by atoms with Crippen molar-refractivity contribution in [1.82, 2.24) is 10.2 Å². The Kier molecular flexibility index (Phi) is 9.55. The Morgan fingerprint density at radius 2 is 1.67 bits per heavy atom. The van der Waals surface area contributed by atoms with Crippen LogP contribution in [0.15, 0.2) is 60.7 Å². The van der Waals surface area contributed by atoms with E-state index in [1.807, 2.05) is 36.4 Å². The second-order valence-corrected chi connectivity index (χ2v) is 6.56. The van der Waals surface area contributed by atoms with Crippen molar-refractivity contribution in [2.24, 2.45) is 0 Å². The SMILES string of the molecule is CN(C)C(=O)C(OCOCCNCCCc1ccccc1)c1ccccc1. The van der Waals surface area contributed by atoms with Gasteiger partial charge in [0.2, 0.25) is 0 Å². The van der Waals surface area contributed by atoms with Crippen molar-refractivity contribution in [3.05, 3.63) is 71.8 Å². The Hall–Kier alpha value is -2.21. The highest BCUT2D eigenvalue weighted by Crippen LogP contribution is 2.19. The zero-order chi connectivity index (χ0) is 19.3. The van der Waals surface area contributed by atoms with Gasteiger partial charge in [-0.25, -0.2) is 0 Å². The van der Waals surface area contributed by atoms with Crippen LogP contribution in [0.4, 0.5) is 0 Å². The van der Waals surface area contributed by atoms with Crippen molar-refractivity contribution < 1.29 is 14.3 Å². The number of likely N-dealkylation sites (N-methyl/N-ethyl adjacent to an activating group) is 1. The van der Waals surface area contributed by atoms with Crippen LogP contribution in [0.1, 0.15) is 23.7 Å². The van der Waals surface area contributed by atoms with Gasteiger partial charge in [0, 0.05) is 20.6 Å². The van der Waals surface area contributed by atoms with Crippen molar-refractivity contribution in [2.45, 2.75) is 18.9 Å². The first-order chi connectivity index (χ1) is 13.2. The third-order valence-electron chi connectivity index (χ3n) is 4.17. The van der Waals surface area contributed by atoms with Gasteiger partial charge < -0.3 is 19.7 Å². The summed E-state index contributed by atoms with van der Waals surface area (Å²) in [6, 6.07) is 20.0.